The predicted octanol–water partition coefficient (Wildman–Crippen LogP) is 3.13. The number of amides is 2. The second-order valence-electron chi connectivity index (χ2n) is 8.90. The van der Waals surface area contributed by atoms with Crippen LogP contribution in [-0.4, -0.2) is 98.6 Å². The minimum Gasteiger partial charge on any atom is -0.493 e. The van der Waals surface area contributed by atoms with Gasteiger partial charge in [0.1, 0.15) is 5.69 Å². The fraction of sp³-hybridized carbons (Fsp3) is 0.500. The number of methoxy groups -OCH3 is 3. The second-order valence-corrected chi connectivity index (χ2v) is 9.79. The topological polar surface area (TPSA) is 84.4 Å². The summed E-state index contributed by atoms with van der Waals surface area (Å²) in [7, 11) is 4.59. The molecule has 4 rings (SSSR count). The molecule has 2 aliphatic heterocycles. The van der Waals surface area contributed by atoms with Crippen LogP contribution in [0.3, 0.4) is 0 Å². The quantitative estimate of drug-likeness (QED) is 0.501. The van der Waals surface area contributed by atoms with Crippen LogP contribution in [-0.2, 0) is 0 Å². The van der Waals surface area contributed by atoms with E-state index in [1.807, 2.05) is 21.3 Å². The van der Waals surface area contributed by atoms with Gasteiger partial charge in [0.25, 0.3) is 11.8 Å². The van der Waals surface area contributed by atoms with Gasteiger partial charge in [-0.2, -0.15) is 0 Å². The highest BCUT2D eigenvalue weighted by atomic mass is 32.1. The number of rotatable bonds is 8. The monoisotopic (exact) mass is 514 g/mol. The Morgan fingerprint density at radius 2 is 1.64 bits per heavy atom. The lowest BCUT2D eigenvalue weighted by molar-refractivity contribution is 0.0645. The molecule has 194 valence electrons. The van der Waals surface area contributed by atoms with Gasteiger partial charge in [-0.15, -0.1) is 17.9 Å². The van der Waals surface area contributed by atoms with Crippen molar-refractivity contribution in [2.24, 2.45) is 0 Å². The highest BCUT2D eigenvalue weighted by molar-refractivity contribution is 7.09. The molecular formula is C26H34N4O5S. The van der Waals surface area contributed by atoms with E-state index in [1.54, 1.807) is 30.6 Å². The molecule has 2 fully saturated rings. The van der Waals surface area contributed by atoms with Crippen molar-refractivity contribution in [2.75, 3.05) is 67.1 Å². The van der Waals surface area contributed by atoms with Gasteiger partial charge in [0.2, 0.25) is 5.75 Å². The average molecular weight is 515 g/mol. The highest BCUT2D eigenvalue weighted by Crippen LogP contribution is 2.41. The van der Waals surface area contributed by atoms with Crippen LogP contribution in [0.25, 0.3) is 0 Å². The maximum absolute atomic E-state index is 13.3. The Bertz CT molecular complexity index is 1090. The molecule has 2 aromatic rings. The summed E-state index contributed by atoms with van der Waals surface area (Å²) in [5, 5.41) is 2.85. The number of piperazine rings is 1. The largest absolute Gasteiger partial charge is 0.493 e. The predicted molar refractivity (Wildman–Crippen MR) is 139 cm³/mol. The molecule has 10 heteroatoms. The third kappa shape index (κ3) is 5.34. The lowest BCUT2D eigenvalue weighted by Crippen LogP contribution is -2.48. The number of carbonyl (C=O) groups excluding carboxylic acids is 2. The van der Waals surface area contributed by atoms with Gasteiger partial charge in [0.05, 0.1) is 31.9 Å². The van der Waals surface area contributed by atoms with E-state index in [1.165, 1.54) is 14.2 Å². The third-order valence-electron chi connectivity index (χ3n) is 6.85. The van der Waals surface area contributed by atoms with Crippen molar-refractivity contribution in [3.63, 3.8) is 0 Å². The molecule has 0 N–H and O–H groups in total. The number of nitrogens with zero attached hydrogens (tertiary/aromatic N) is 4. The number of hydrogen-bond acceptors (Lipinski definition) is 8. The summed E-state index contributed by atoms with van der Waals surface area (Å²) in [4.78, 5) is 37.0. The van der Waals surface area contributed by atoms with E-state index in [-0.39, 0.29) is 17.7 Å². The van der Waals surface area contributed by atoms with E-state index in [0.717, 1.165) is 37.5 Å². The molecule has 2 amide bonds. The number of aromatic nitrogens is 1. The van der Waals surface area contributed by atoms with E-state index >= 15 is 0 Å². The molecule has 9 nitrogen and oxygen atoms in total. The van der Waals surface area contributed by atoms with E-state index in [4.69, 9.17) is 19.2 Å². The van der Waals surface area contributed by atoms with Crippen molar-refractivity contribution in [1.82, 2.24) is 19.7 Å². The normalized spacial score (nSPS) is 17.1. The van der Waals surface area contributed by atoms with Gasteiger partial charge in [-0.25, -0.2) is 4.98 Å². The van der Waals surface area contributed by atoms with E-state index in [2.05, 4.69) is 11.5 Å². The van der Waals surface area contributed by atoms with Crippen LogP contribution in [0, 0.1) is 0 Å². The first-order chi connectivity index (χ1) is 17.5. The van der Waals surface area contributed by atoms with Crippen molar-refractivity contribution in [1.29, 1.82) is 0 Å². The summed E-state index contributed by atoms with van der Waals surface area (Å²) >= 11 is 1.54. The summed E-state index contributed by atoms with van der Waals surface area (Å²) in [6.45, 7) is 8.97. The molecule has 0 atom stereocenters. The van der Waals surface area contributed by atoms with Gasteiger partial charge in [-0.3, -0.25) is 14.5 Å². The molecule has 0 spiro atoms. The van der Waals surface area contributed by atoms with Gasteiger partial charge in [0.15, 0.2) is 11.5 Å². The summed E-state index contributed by atoms with van der Waals surface area (Å²) in [6.07, 6.45) is 3.48. The van der Waals surface area contributed by atoms with Crippen LogP contribution in [0.1, 0.15) is 44.6 Å². The maximum atomic E-state index is 13.3. The smallest absolute Gasteiger partial charge is 0.273 e. The first-order valence-corrected chi connectivity index (χ1v) is 13.0. The maximum Gasteiger partial charge on any atom is 0.273 e. The Labute approximate surface area is 216 Å². The Morgan fingerprint density at radius 1 is 0.972 bits per heavy atom. The van der Waals surface area contributed by atoms with Gasteiger partial charge in [-0.1, -0.05) is 6.08 Å². The summed E-state index contributed by atoms with van der Waals surface area (Å²) in [5.41, 5.74) is 0.977. The fourth-order valence-corrected chi connectivity index (χ4v) is 5.79. The second kappa shape index (κ2) is 11.7. The van der Waals surface area contributed by atoms with Crippen molar-refractivity contribution >= 4 is 23.2 Å². The van der Waals surface area contributed by atoms with E-state index in [9.17, 15) is 9.59 Å². The van der Waals surface area contributed by atoms with Crippen molar-refractivity contribution in [2.45, 2.75) is 18.8 Å². The molecule has 2 saturated heterocycles. The van der Waals surface area contributed by atoms with Crippen molar-refractivity contribution in [3.8, 4) is 17.2 Å². The standard InChI is InChI=1S/C26H34N4O5S/c1-5-10-28-13-15-30(16-14-28)26(32)20-17-36-24(27-20)18-8-11-29(12-9-18)25(31)19-6-7-21(33-2)23(35-4)22(19)34-3/h5-7,17-18H,1,8-16H2,2-4H3. The zero-order valence-electron chi connectivity index (χ0n) is 21.2. The number of hydrogen-bond donors (Lipinski definition) is 0. The van der Waals surface area contributed by atoms with E-state index in [0.29, 0.717) is 54.7 Å². The van der Waals surface area contributed by atoms with Gasteiger partial charge >= 0.3 is 0 Å². The summed E-state index contributed by atoms with van der Waals surface area (Å²) in [5.74, 6) is 1.43. The number of thiazole rings is 1. The molecule has 1 aromatic carbocycles. The Balaban J connectivity index is 1.36. The average Bonchev–Trinajstić information content (AvgIpc) is 3.42. The molecule has 0 unspecified atom stereocenters. The summed E-state index contributed by atoms with van der Waals surface area (Å²) in [6, 6.07) is 3.43. The zero-order valence-corrected chi connectivity index (χ0v) is 22.0. The van der Waals surface area contributed by atoms with Crippen LogP contribution in [0.2, 0.25) is 0 Å². The number of carbonyl (C=O) groups is 2. The zero-order chi connectivity index (χ0) is 25.7. The minimum absolute atomic E-state index is 0.00362. The van der Waals surface area contributed by atoms with Gasteiger partial charge in [0, 0.05) is 57.1 Å². The fourth-order valence-electron chi connectivity index (χ4n) is 4.82. The van der Waals surface area contributed by atoms with Gasteiger partial charge in [-0.05, 0) is 25.0 Å². The Hall–Kier alpha value is -3.11. The van der Waals surface area contributed by atoms with Crippen LogP contribution in [0.5, 0.6) is 17.2 Å². The molecule has 0 saturated carbocycles. The number of piperidine rings is 1. The molecular weight excluding hydrogens is 480 g/mol. The van der Waals surface area contributed by atoms with Crippen molar-refractivity contribution < 1.29 is 23.8 Å². The first kappa shape index (κ1) is 26.0. The molecule has 1 aromatic heterocycles. The highest BCUT2D eigenvalue weighted by Gasteiger charge is 2.30. The van der Waals surface area contributed by atoms with Crippen LogP contribution >= 0.6 is 11.3 Å². The number of benzene rings is 1. The Morgan fingerprint density at radius 3 is 2.25 bits per heavy atom. The van der Waals surface area contributed by atoms with Crippen LogP contribution in [0.4, 0.5) is 0 Å². The lowest BCUT2D eigenvalue weighted by Gasteiger charge is -2.33. The molecule has 0 radical (unpaired) electrons. The molecule has 2 aliphatic rings. The number of ether oxygens (including phenoxy) is 3. The minimum atomic E-state index is -0.100. The number of likely N-dealkylation sites (tertiary alicyclic amines) is 1. The Kier molecular flexibility index (Phi) is 8.48. The van der Waals surface area contributed by atoms with Crippen molar-refractivity contribution in [3.05, 3.63) is 46.4 Å². The molecule has 3 heterocycles. The van der Waals surface area contributed by atoms with Gasteiger partial charge < -0.3 is 24.0 Å². The van der Waals surface area contributed by atoms with Crippen LogP contribution in [0.15, 0.2) is 30.2 Å². The SMILES string of the molecule is C=CCN1CCN(C(=O)c2csc(C3CCN(C(=O)c4ccc(OC)c(OC)c4OC)CC3)n2)CC1. The lowest BCUT2D eigenvalue weighted by atomic mass is 9.96. The third-order valence-corrected chi connectivity index (χ3v) is 7.86. The first-order valence-electron chi connectivity index (χ1n) is 12.2. The summed E-state index contributed by atoms with van der Waals surface area (Å²) < 4.78 is 16.3. The molecule has 0 bridgehead atoms. The van der Waals surface area contributed by atoms with E-state index < -0.39 is 0 Å². The molecule has 0 aliphatic carbocycles. The van der Waals surface area contributed by atoms with Crippen LogP contribution < -0.4 is 14.2 Å². The molecule has 36 heavy (non-hydrogen) atoms.